The Bertz CT molecular complexity index is 85.4. The van der Waals surface area contributed by atoms with Crippen molar-refractivity contribution < 1.29 is 22.6 Å². The van der Waals surface area contributed by atoms with Gasteiger partial charge in [0.1, 0.15) is 0 Å². The van der Waals surface area contributed by atoms with E-state index in [1.165, 1.54) is 0 Å². The van der Waals surface area contributed by atoms with Crippen LogP contribution in [0.1, 0.15) is 0 Å². The van der Waals surface area contributed by atoms with Crippen LogP contribution in [0.3, 0.4) is 0 Å². The molecule has 0 saturated heterocycles. The minimum atomic E-state index is -4.90. The first-order chi connectivity index (χ1) is 2.94. The highest BCUT2D eigenvalue weighted by Crippen LogP contribution is 2.38. The normalized spacial score (nSPS) is 16.6. The van der Waals surface area contributed by atoms with E-state index in [0.717, 1.165) is 0 Å². The van der Waals surface area contributed by atoms with Crippen molar-refractivity contribution in [3.63, 3.8) is 0 Å². The van der Waals surface area contributed by atoms with Crippen LogP contribution in [-0.4, -0.2) is 10.8 Å². The quantitative estimate of drug-likeness (QED) is 0.501. The second-order valence-electron chi connectivity index (χ2n) is 0.803. The van der Waals surface area contributed by atoms with Crippen LogP contribution >= 0.6 is 8.03 Å². The minimum Gasteiger partial charge on any atom is -0.340 e. The Morgan fingerprint density at radius 1 is 1.43 bits per heavy atom. The fourth-order valence-electron chi connectivity index (χ4n) is 0. The molecule has 0 aromatic carbocycles. The largest absolute Gasteiger partial charge is 0.462 e. The SMILES string of the molecule is O=[PH](O)C(F)(F)F. The van der Waals surface area contributed by atoms with E-state index >= 15 is 0 Å². The lowest BCUT2D eigenvalue weighted by atomic mass is 11.6. The molecule has 1 atom stereocenters. The molecule has 2 nitrogen and oxygen atoms in total. The van der Waals surface area contributed by atoms with Crippen LogP contribution in [0.2, 0.25) is 0 Å². The molecule has 1 unspecified atom stereocenters. The second kappa shape index (κ2) is 1.84. The van der Waals surface area contributed by atoms with E-state index in [9.17, 15) is 13.2 Å². The van der Waals surface area contributed by atoms with Crippen molar-refractivity contribution in [3.8, 4) is 0 Å². The Morgan fingerprint density at radius 2 is 1.57 bits per heavy atom. The topological polar surface area (TPSA) is 37.3 Å². The summed E-state index contributed by atoms with van der Waals surface area (Å²) in [5.41, 5.74) is 0. The number of alkyl halides is 3. The van der Waals surface area contributed by atoms with Crippen LogP contribution < -0.4 is 0 Å². The predicted molar refractivity (Wildman–Crippen MR) is 17.3 cm³/mol. The van der Waals surface area contributed by atoms with Crippen LogP contribution in [-0.2, 0) is 4.57 Å². The standard InChI is InChI=1S/CH2F3O2P/c2-1(3,4)7(5)6/h7H,(H,5,6). The first-order valence-corrected chi connectivity index (χ1v) is 2.60. The van der Waals surface area contributed by atoms with Gasteiger partial charge in [0.05, 0.1) is 0 Å². The van der Waals surface area contributed by atoms with Gasteiger partial charge in [-0.05, 0) is 0 Å². The molecule has 0 aliphatic rings. The summed E-state index contributed by atoms with van der Waals surface area (Å²) in [7, 11) is -4.30. The maximum atomic E-state index is 10.7. The number of hydrogen-bond donors (Lipinski definition) is 1. The Morgan fingerprint density at radius 3 is 1.57 bits per heavy atom. The molecular weight excluding hydrogens is 132 g/mol. The molecule has 0 aromatic rings. The lowest BCUT2D eigenvalue weighted by Crippen LogP contribution is -1.97. The Hall–Kier alpha value is -0.0200. The summed E-state index contributed by atoms with van der Waals surface area (Å²) in [6.07, 6.45) is 0. The molecule has 0 aliphatic carbocycles. The van der Waals surface area contributed by atoms with Gasteiger partial charge in [-0.2, -0.15) is 13.2 Å². The summed E-state index contributed by atoms with van der Waals surface area (Å²) in [5, 5.41) is 0. The van der Waals surface area contributed by atoms with Gasteiger partial charge in [0.15, 0.2) is 0 Å². The van der Waals surface area contributed by atoms with Crippen LogP contribution in [0.25, 0.3) is 0 Å². The highest BCUT2D eigenvalue weighted by Gasteiger charge is 2.34. The van der Waals surface area contributed by atoms with Gasteiger partial charge in [-0.25, -0.2) is 0 Å². The molecular formula is CH2F3O2P. The number of rotatable bonds is 0. The molecule has 0 saturated carbocycles. The third kappa shape index (κ3) is 2.65. The van der Waals surface area contributed by atoms with Gasteiger partial charge in [-0.15, -0.1) is 0 Å². The van der Waals surface area contributed by atoms with Crippen molar-refractivity contribution in [2.24, 2.45) is 0 Å². The van der Waals surface area contributed by atoms with Crippen LogP contribution in [0.5, 0.6) is 0 Å². The van der Waals surface area contributed by atoms with E-state index in [0.29, 0.717) is 0 Å². The van der Waals surface area contributed by atoms with Gasteiger partial charge in [0.2, 0.25) is 0 Å². The first kappa shape index (κ1) is 6.98. The predicted octanol–water partition coefficient (Wildman–Crippen LogP) is 0.973. The Labute approximate surface area is 37.8 Å². The zero-order valence-electron chi connectivity index (χ0n) is 2.99. The van der Waals surface area contributed by atoms with Crippen molar-refractivity contribution >= 4 is 8.03 Å². The van der Waals surface area contributed by atoms with Gasteiger partial charge in [-0.1, -0.05) is 0 Å². The zero-order chi connectivity index (χ0) is 6.08. The molecule has 7 heavy (non-hydrogen) atoms. The molecule has 0 aromatic heterocycles. The molecule has 0 spiro atoms. The summed E-state index contributed by atoms with van der Waals surface area (Å²) < 4.78 is 41.1. The molecule has 6 heteroatoms. The van der Waals surface area contributed by atoms with Crippen molar-refractivity contribution in [1.82, 2.24) is 0 Å². The van der Waals surface area contributed by atoms with Crippen LogP contribution in [0.4, 0.5) is 13.2 Å². The highest BCUT2D eigenvalue weighted by molar-refractivity contribution is 7.39. The molecule has 0 bridgehead atoms. The molecule has 44 valence electrons. The summed E-state index contributed by atoms with van der Waals surface area (Å²) in [6, 6.07) is 0. The fraction of sp³-hybridized carbons (Fsp3) is 1.00. The second-order valence-corrected chi connectivity index (χ2v) is 1.98. The number of hydrogen-bond acceptors (Lipinski definition) is 1. The molecule has 0 heterocycles. The average molecular weight is 134 g/mol. The maximum absolute atomic E-state index is 10.7. The van der Waals surface area contributed by atoms with Crippen molar-refractivity contribution in [3.05, 3.63) is 0 Å². The number of halogens is 3. The van der Waals surface area contributed by atoms with Gasteiger partial charge in [0, 0.05) is 0 Å². The highest BCUT2D eigenvalue weighted by atomic mass is 31.1. The summed E-state index contributed by atoms with van der Waals surface area (Å²) in [6.45, 7) is 0. The molecule has 0 rings (SSSR count). The van der Waals surface area contributed by atoms with Gasteiger partial charge in [-0.3, -0.25) is 4.57 Å². The fourth-order valence-corrected chi connectivity index (χ4v) is 0. The van der Waals surface area contributed by atoms with E-state index in [1.807, 2.05) is 0 Å². The third-order valence-corrected chi connectivity index (χ3v) is 0.728. The van der Waals surface area contributed by atoms with E-state index in [1.54, 1.807) is 0 Å². The molecule has 0 aliphatic heterocycles. The summed E-state index contributed by atoms with van der Waals surface area (Å²) in [4.78, 5) is 7.31. The third-order valence-electron chi connectivity index (χ3n) is 0.243. The van der Waals surface area contributed by atoms with Crippen LogP contribution in [0.15, 0.2) is 0 Å². The summed E-state index contributed by atoms with van der Waals surface area (Å²) in [5.74, 6) is -4.90. The minimum absolute atomic E-state index is 4.30. The van der Waals surface area contributed by atoms with Gasteiger partial charge < -0.3 is 4.89 Å². The summed E-state index contributed by atoms with van der Waals surface area (Å²) >= 11 is 0. The molecule has 1 N–H and O–H groups in total. The monoisotopic (exact) mass is 134 g/mol. The molecule has 0 radical (unpaired) electrons. The zero-order valence-corrected chi connectivity index (χ0v) is 3.99. The lowest BCUT2D eigenvalue weighted by molar-refractivity contribution is -0.0499. The van der Waals surface area contributed by atoms with Crippen LogP contribution in [0, 0.1) is 0 Å². The van der Waals surface area contributed by atoms with Gasteiger partial charge in [0.25, 0.3) is 8.03 Å². The van der Waals surface area contributed by atoms with E-state index in [2.05, 4.69) is 0 Å². The average Bonchev–Trinajstić information content (AvgIpc) is 1.31. The Balaban J connectivity index is 3.79. The van der Waals surface area contributed by atoms with Gasteiger partial charge >= 0.3 is 5.92 Å². The maximum Gasteiger partial charge on any atom is 0.462 e. The lowest BCUT2D eigenvalue weighted by Gasteiger charge is -1.96. The van der Waals surface area contributed by atoms with Crippen molar-refractivity contribution in [2.75, 3.05) is 0 Å². The molecule has 0 amide bonds. The molecule has 0 fully saturated rings. The van der Waals surface area contributed by atoms with Crippen molar-refractivity contribution in [2.45, 2.75) is 5.92 Å². The first-order valence-electron chi connectivity index (χ1n) is 1.24. The smallest absolute Gasteiger partial charge is 0.340 e. The van der Waals surface area contributed by atoms with Crippen molar-refractivity contribution in [1.29, 1.82) is 0 Å². The van der Waals surface area contributed by atoms with E-state index in [4.69, 9.17) is 9.46 Å². The van der Waals surface area contributed by atoms with E-state index in [-0.39, 0.29) is 0 Å². The van der Waals surface area contributed by atoms with E-state index < -0.39 is 13.9 Å². The Kier molecular flexibility index (Phi) is 1.83.